The van der Waals surface area contributed by atoms with Gasteiger partial charge >= 0.3 is 0 Å². The van der Waals surface area contributed by atoms with E-state index in [-0.39, 0.29) is 5.84 Å². The predicted molar refractivity (Wildman–Crippen MR) is 88.2 cm³/mol. The number of amidine groups is 1. The van der Waals surface area contributed by atoms with Crippen molar-refractivity contribution >= 4 is 28.8 Å². The fraction of sp³-hybridized carbons (Fsp3) is 0.267. The van der Waals surface area contributed by atoms with Crippen LogP contribution in [0.4, 0.5) is 0 Å². The summed E-state index contributed by atoms with van der Waals surface area (Å²) in [4.78, 5) is 1.36. The van der Waals surface area contributed by atoms with Crippen LogP contribution in [0.25, 0.3) is 0 Å². The topological polar surface area (TPSA) is 70.6 Å². The van der Waals surface area contributed by atoms with Gasteiger partial charge < -0.3 is 16.3 Å². The number of nitrogens with zero attached hydrogens (tertiary/aromatic N) is 1. The molecule has 0 aliphatic heterocycles. The van der Waals surface area contributed by atoms with Crippen LogP contribution < -0.4 is 11.1 Å². The molecule has 1 heterocycles. The average molecular weight is 324 g/mol. The number of oxime groups is 1. The number of hydrogen-bond donors (Lipinski definition) is 3. The van der Waals surface area contributed by atoms with Crippen LogP contribution in [0.1, 0.15) is 28.5 Å². The molecular weight excluding hydrogens is 306 g/mol. The van der Waals surface area contributed by atoms with Crippen molar-refractivity contribution in [1.82, 2.24) is 5.32 Å². The molecule has 6 heteroatoms. The minimum Gasteiger partial charge on any atom is -0.409 e. The first-order valence-electron chi connectivity index (χ1n) is 6.68. The molecular formula is C15H18ClN3OS. The normalized spacial score (nSPS) is 11.8. The van der Waals surface area contributed by atoms with Crippen molar-refractivity contribution in [3.63, 3.8) is 0 Å². The average Bonchev–Trinajstić information content (AvgIpc) is 2.95. The first-order chi connectivity index (χ1) is 10.2. The molecule has 1 aromatic carbocycles. The van der Waals surface area contributed by atoms with E-state index in [1.807, 2.05) is 6.07 Å². The Morgan fingerprint density at radius 1 is 1.33 bits per heavy atom. The van der Waals surface area contributed by atoms with E-state index >= 15 is 0 Å². The van der Waals surface area contributed by atoms with Gasteiger partial charge in [0.05, 0.1) is 0 Å². The minimum absolute atomic E-state index is 0.0579. The highest BCUT2D eigenvalue weighted by Crippen LogP contribution is 2.20. The Balaban J connectivity index is 1.98. The summed E-state index contributed by atoms with van der Waals surface area (Å²) in [6, 6.07) is 7.55. The molecule has 0 aliphatic rings. The van der Waals surface area contributed by atoms with Gasteiger partial charge in [-0.3, -0.25) is 0 Å². The Morgan fingerprint density at radius 2 is 2.14 bits per heavy atom. The Labute approximate surface area is 133 Å². The van der Waals surface area contributed by atoms with Crippen molar-refractivity contribution in [2.24, 2.45) is 10.9 Å². The van der Waals surface area contributed by atoms with Gasteiger partial charge in [0.25, 0.3) is 0 Å². The molecule has 0 fully saturated rings. The van der Waals surface area contributed by atoms with Crippen molar-refractivity contribution < 1.29 is 5.21 Å². The molecule has 0 unspecified atom stereocenters. The van der Waals surface area contributed by atoms with Gasteiger partial charge in [0, 0.05) is 28.6 Å². The maximum absolute atomic E-state index is 8.65. The molecule has 2 rings (SSSR count). The molecule has 4 nitrogen and oxygen atoms in total. The molecule has 112 valence electrons. The fourth-order valence-corrected chi connectivity index (χ4v) is 3.25. The lowest BCUT2D eigenvalue weighted by Crippen LogP contribution is -2.15. The quantitative estimate of drug-likeness (QED) is 0.330. The molecule has 0 saturated carbocycles. The first kappa shape index (κ1) is 15.8. The molecule has 0 spiro atoms. The number of hydrogen-bond acceptors (Lipinski definition) is 4. The molecule has 21 heavy (non-hydrogen) atoms. The highest BCUT2D eigenvalue weighted by molar-refractivity contribution is 7.10. The zero-order valence-corrected chi connectivity index (χ0v) is 13.3. The third kappa shape index (κ3) is 3.97. The van der Waals surface area contributed by atoms with E-state index in [2.05, 4.69) is 28.8 Å². The third-order valence-corrected chi connectivity index (χ3v) is 4.59. The minimum atomic E-state index is 0.0579. The van der Waals surface area contributed by atoms with Gasteiger partial charge in [-0.05, 0) is 35.1 Å². The van der Waals surface area contributed by atoms with E-state index in [0.717, 1.165) is 18.5 Å². The van der Waals surface area contributed by atoms with Crippen molar-refractivity contribution in [3.05, 3.63) is 56.2 Å². The number of aryl methyl sites for hydroxylation is 1. The molecule has 4 N–H and O–H groups in total. The standard InChI is InChI=1S/C15H18ClN3OS/c1-2-10-5-6-21-14(10)9-18-8-12-4-3-11(7-13(12)16)15(17)19-20/h3-7,18,20H,2,8-9H2,1H3,(H2,17,19). The van der Waals surface area contributed by atoms with Crippen molar-refractivity contribution in [1.29, 1.82) is 0 Å². The van der Waals surface area contributed by atoms with Gasteiger partial charge in [-0.2, -0.15) is 0 Å². The lowest BCUT2D eigenvalue weighted by atomic mass is 10.1. The van der Waals surface area contributed by atoms with Crippen LogP contribution in [-0.2, 0) is 19.5 Å². The Morgan fingerprint density at radius 3 is 2.81 bits per heavy atom. The van der Waals surface area contributed by atoms with Gasteiger partial charge in [-0.1, -0.05) is 35.8 Å². The smallest absolute Gasteiger partial charge is 0.170 e. The number of nitrogens with one attached hydrogen (secondary N) is 1. The second-order valence-electron chi connectivity index (χ2n) is 4.62. The van der Waals surface area contributed by atoms with E-state index < -0.39 is 0 Å². The molecule has 0 saturated heterocycles. The van der Waals surface area contributed by atoms with E-state index in [4.69, 9.17) is 22.5 Å². The second-order valence-corrected chi connectivity index (χ2v) is 6.03. The zero-order chi connectivity index (χ0) is 15.2. The summed E-state index contributed by atoms with van der Waals surface area (Å²) in [6.45, 7) is 3.67. The summed E-state index contributed by atoms with van der Waals surface area (Å²) < 4.78 is 0. The zero-order valence-electron chi connectivity index (χ0n) is 11.8. The highest BCUT2D eigenvalue weighted by Gasteiger charge is 2.06. The van der Waals surface area contributed by atoms with Crippen LogP contribution in [-0.4, -0.2) is 11.0 Å². The molecule has 0 bridgehead atoms. The lowest BCUT2D eigenvalue weighted by molar-refractivity contribution is 0.318. The third-order valence-electron chi connectivity index (χ3n) is 3.28. The van der Waals surface area contributed by atoms with Crippen LogP contribution in [0.2, 0.25) is 5.02 Å². The van der Waals surface area contributed by atoms with Crippen LogP contribution in [0.15, 0.2) is 34.8 Å². The van der Waals surface area contributed by atoms with E-state index in [0.29, 0.717) is 17.1 Å². The fourth-order valence-electron chi connectivity index (χ4n) is 2.06. The Kier molecular flexibility index (Phi) is 5.61. The molecule has 0 amide bonds. The summed E-state index contributed by atoms with van der Waals surface area (Å²) in [7, 11) is 0. The van der Waals surface area contributed by atoms with E-state index in [9.17, 15) is 0 Å². The largest absolute Gasteiger partial charge is 0.409 e. The van der Waals surface area contributed by atoms with Crippen LogP contribution in [0.5, 0.6) is 0 Å². The van der Waals surface area contributed by atoms with Gasteiger partial charge in [0.2, 0.25) is 0 Å². The maximum atomic E-state index is 8.65. The van der Waals surface area contributed by atoms with Crippen molar-refractivity contribution in [3.8, 4) is 0 Å². The van der Waals surface area contributed by atoms with Gasteiger partial charge in [-0.25, -0.2) is 0 Å². The predicted octanol–water partition coefficient (Wildman–Crippen LogP) is 3.35. The highest BCUT2D eigenvalue weighted by atomic mass is 35.5. The maximum Gasteiger partial charge on any atom is 0.170 e. The molecule has 0 atom stereocenters. The first-order valence-corrected chi connectivity index (χ1v) is 7.93. The van der Waals surface area contributed by atoms with Crippen molar-refractivity contribution in [2.75, 3.05) is 0 Å². The van der Waals surface area contributed by atoms with E-state index in [1.54, 1.807) is 23.5 Å². The monoisotopic (exact) mass is 323 g/mol. The number of rotatable bonds is 6. The van der Waals surface area contributed by atoms with Crippen molar-refractivity contribution in [2.45, 2.75) is 26.4 Å². The molecule has 0 aliphatic carbocycles. The molecule has 0 radical (unpaired) electrons. The summed E-state index contributed by atoms with van der Waals surface area (Å²) in [5.41, 5.74) is 8.52. The summed E-state index contributed by atoms with van der Waals surface area (Å²) >= 11 is 7.99. The van der Waals surface area contributed by atoms with Gasteiger partial charge in [0.1, 0.15) is 0 Å². The van der Waals surface area contributed by atoms with Crippen LogP contribution >= 0.6 is 22.9 Å². The van der Waals surface area contributed by atoms with Crippen LogP contribution in [0, 0.1) is 0 Å². The lowest BCUT2D eigenvalue weighted by Gasteiger charge is -2.08. The number of nitrogens with two attached hydrogens (primary N) is 1. The van der Waals surface area contributed by atoms with Gasteiger partial charge in [0.15, 0.2) is 5.84 Å². The van der Waals surface area contributed by atoms with Crippen LogP contribution in [0.3, 0.4) is 0 Å². The Bertz CT molecular complexity index is 640. The summed E-state index contributed by atoms with van der Waals surface area (Å²) in [5, 5.41) is 17.7. The second kappa shape index (κ2) is 7.45. The van der Waals surface area contributed by atoms with Gasteiger partial charge in [-0.15, -0.1) is 11.3 Å². The molecule has 2 aromatic rings. The number of thiophene rings is 1. The Hall–Kier alpha value is -1.56. The molecule has 1 aromatic heterocycles. The number of halogens is 1. The SMILES string of the molecule is CCc1ccsc1CNCc1ccc(/C(N)=N/O)cc1Cl. The summed E-state index contributed by atoms with van der Waals surface area (Å²) in [5.74, 6) is 0.0579. The van der Waals surface area contributed by atoms with E-state index in [1.165, 1.54) is 10.4 Å². The summed E-state index contributed by atoms with van der Waals surface area (Å²) in [6.07, 6.45) is 1.05. The number of benzene rings is 1.